The van der Waals surface area contributed by atoms with E-state index in [4.69, 9.17) is 4.74 Å². The normalized spacial score (nSPS) is 12.3. The summed E-state index contributed by atoms with van der Waals surface area (Å²) in [6, 6.07) is 5.24. The van der Waals surface area contributed by atoms with Crippen molar-refractivity contribution in [2.75, 3.05) is 6.61 Å². The van der Waals surface area contributed by atoms with E-state index in [1.165, 1.54) is 34.4 Å². The SMILES string of the molecule is CCCOC(=O)[C@@H](CC)n1cnc2scc(-c3ccc(F)cc3)c2c1=O. The standard InChI is InChI=1S/C19H19FN2O3S/c1-3-9-25-19(24)15(4-2)22-11-21-17-16(18(22)23)14(10-26-17)12-5-7-13(20)8-6-12/h5-8,10-11,15H,3-4,9H2,1-2H3/t15-/m1/s1. The fraction of sp³-hybridized carbons (Fsp3) is 0.316. The summed E-state index contributed by atoms with van der Waals surface area (Å²) in [7, 11) is 0. The van der Waals surface area contributed by atoms with Gasteiger partial charge in [0.05, 0.1) is 18.3 Å². The first-order valence-corrected chi connectivity index (χ1v) is 9.35. The third-order valence-electron chi connectivity index (χ3n) is 4.12. The average Bonchev–Trinajstić information content (AvgIpc) is 3.08. The van der Waals surface area contributed by atoms with Crippen molar-refractivity contribution >= 4 is 27.5 Å². The third kappa shape index (κ3) is 3.39. The second-order valence-electron chi connectivity index (χ2n) is 5.88. The fourth-order valence-electron chi connectivity index (χ4n) is 2.79. The number of hydrogen-bond donors (Lipinski definition) is 0. The lowest BCUT2D eigenvalue weighted by Gasteiger charge is -2.16. The lowest BCUT2D eigenvalue weighted by atomic mass is 10.1. The maximum absolute atomic E-state index is 13.2. The molecule has 3 aromatic rings. The molecule has 3 rings (SSSR count). The first-order valence-electron chi connectivity index (χ1n) is 8.47. The van der Waals surface area contributed by atoms with Crippen LogP contribution in [-0.4, -0.2) is 22.1 Å². The van der Waals surface area contributed by atoms with Crippen molar-refractivity contribution in [2.24, 2.45) is 0 Å². The predicted molar refractivity (Wildman–Crippen MR) is 99.9 cm³/mol. The molecule has 7 heteroatoms. The van der Waals surface area contributed by atoms with Gasteiger partial charge in [0, 0.05) is 10.9 Å². The lowest BCUT2D eigenvalue weighted by Crippen LogP contribution is -2.31. The molecule has 0 fully saturated rings. The summed E-state index contributed by atoms with van der Waals surface area (Å²) in [4.78, 5) is 30.3. The van der Waals surface area contributed by atoms with Gasteiger partial charge in [0.25, 0.3) is 5.56 Å². The van der Waals surface area contributed by atoms with Crippen LogP contribution in [-0.2, 0) is 9.53 Å². The Kier molecular flexibility index (Phi) is 5.46. The van der Waals surface area contributed by atoms with Crippen LogP contribution in [0.2, 0.25) is 0 Å². The van der Waals surface area contributed by atoms with E-state index in [1.807, 2.05) is 19.2 Å². The molecular formula is C19H19FN2O3S. The maximum Gasteiger partial charge on any atom is 0.329 e. The Balaban J connectivity index is 2.10. The van der Waals surface area contributed by atoms with Gasteiger partial charge in [0.2, 0.25) is 0 Å². The smallest absolute Gasteiger partial charge is 0.329 e. The van der Waals surface area contributed by atoms with Crippen LogP contribution in [0.15, 0.2) is 40.8 Å². The summed E-state index contributed by atoms with van der Waals surface area (Å²) in [5, 5.41) is 2.26. The summed E-state index contributed by atoms with van der Waals surface area (Å²) >= 11 is 1.34. The first-order chi connectivity index (χ1) is 12.6. The number of rotatable bonds is 6. The molecule has 1 atom stereocenters. The number of benzene rings is 1. The molecule has 0 aliphatic rings. The summed E-state index contributed by atoms with van der Waals surface area (Å²) in [5.74, 6) is -0.773. The van der Waals surface area contributed by atoms with E-state index in [0.29, 0.717) is 35.2 Å². The number of carbonyl (C=O) groups is 1. The van der Waals surface area contributed by atoms with Crippen LogP contribution in [0.5, 0.6) is 0 Å². The Morgan fingerprint density at radius 1 is 1.31 bits per heavy atom. The number of halogens is 1. The van der Waals surface area contributed by atoms with Crippen LogP contribution >= 0.6 is 11.3 Å². The summed E-state index contributed by atoms with van der Waals surface area (Å²) in [6.45, 7) is 4.05. The van der Waals surface area contributed by atoms with E-state index in [0.717, 1.165) is 5.56 Å². The van der Waals surface area contributed by atoms with E-state index in [-0.39, 0.29) is 11.4 Å². The highest BCUT2D eigenvalue weighted by Crippen LogP contribution is 2.31. The molecule has 26 heavy (non-hydrogen) atoms. The highest BCUT2D eigenvalue weighted by Gasteiger charge is 2.23. The molecule has 0 spiro atoms. The summed E-state index contributed by atoms with van der Waals surface area (Å²) in [5.41, 5.74) is 1.13. The van der Waals surface area contributed by atoms with Crippen LogP contribution < -0.4 is 5.56 Å². The summed E-state index contributed by atoms with van der Waals surface area (Å²) in [6.07, 6.45) is 2.54. The number of hydrogen-bond acceptors (Lipinski definition) is 5. The predicted octanol–water partition coefficient (Wildman–Crippen LogP) is 4.17. The van der Waals surface area contributed by atoms with Crippen molar-refractivity contribution in [3.05, 3.63) is 52.1 Å². The Morgan fingerprint density at radius 2 is 2.04 bits per heavy atom. The number of aromatic nitrogens is 2. The fourth-order valence-corrected chi connectivity index (χ4v) is 3.69. The molecule has 0 N–H and O–H groups in total. The van der Waals surface area contributed by atoms with E-state index < -0.39 is 12.0 Å². The van der Waals surface area contributed by atoms with E-state index >= 15 is 0 Å². The van der Waals surface area contributed by atoms with Crippen LogP contribution in [0, 0.1) is 5.82 Å². The van der Waals surface area contributed by atoms with Crippen molar-refractivity contribution in [3.8, 4) is 11.1 Å². The Labute approximate surface area is 154 Å². The molecule has 136 valence electrons. The number of ether oxygens (including phenoxy) is 1. The van der Waals surface area contributed by atoms with Gasteiger partial charge in [-0.05, 0) is 30.5 Å². The number of nitrogens with zero attached hydrogens (tertiary/aromatic N) is 2. The minimum atomic E-state index is -0.716. The molecule has 0 saturated heterocycles. The van der Waals surface area contributed by atoms with E-state index in [2.05, 4.69) is 4.98 Å². The number of esters is 1. The van der Waals surface area contributed by atoms with Crippen molar-refractivity contribution in [1.29, 1.82) is 0 Å². The third-order valence-corrected chi connectivity index (χ3v) is 5.00. The van der Waals surface area contributed by atoms with Crippen LogP contribution in [0.3, 0.4) is 0 Å². The minimum Gasteiger partial charge on any atom is -0.464 e. The van der Waals surface area contributed by atoms with Crippen LogP contribution in [0.25, 0.3) is 21.3 Å². The molecule has 0 bridgehead atoms. The van der Waals surface area contributed by atoms with Gasteiger partial charge in [-0.1, -0.05) is 26.0 Å². The number of carbonyl (C=O) groups excluding carboxylic acids is 1. The van der Waals surface area contributed by atoms with Crippen molar-refractivity contribution in [1.82, 2.24) is 9.55 Å². The van der Waals surface area contributed by atoms with Gasteiger partial charge in [0.1, 0.15) is 16.7 Å². The Hall–Kier alpha value is -2.54. The summed E-state index contributed by atoms with van der Waals surface area (Å²) < 4.78 is 19.7. The zero-order chi connectivity index (χ0) is 18.7. The lowest BCUT2D eigenvalue weighted by molar-refractivity contribution is -0.147. The molecule has 0 radical (unpaired) electrons. The largest absolute Gasteiger partial charge is 0.464 e. The molecule has 2 aromatic heterocycles. The molecule has 0 amide bonds. The van der Waals surface area contributed by atoms with Gasteiger partial charge in [-0.25, -0.2) is 14.2 Å². The second kappa shape index (κ2) is 7.78. The molecule has 0 aliphatic heterocycles. The monoisotopic (exact) mass is 374 g/mol. The number of fused-ring (bicyclic) bond motifs is 1. The highest BCUT2D eigenvalue weighted by molar-refractivity contribution is 7.17. The topological polar surface area (TPSA) is 61.2 Å². The Bertz CT molecular complexity index is 979. The van der Waals surface area contributed by atoms with Crippen molar-refractivity contribution < 1.29 is 13.9 Å². The molecule has 2 heterocycles. The first kappa shape index (κ1) is 18.3. The molecule has 1 aromatic carbocycles. The maximum atomic E-state index is 13.2. The van der Waals surface area contributed by atoms with E-state index in [9.17, 15) is 14.0 Å². The van der Waals surface area contributed by atoms with Crippen LogP contribution in [0.4, 0.5) is 4.39 Å². The number of thiophene rings is 1. The molecule has 0 aliphatic carbocycles. The molecule has 0 saturated carbocycles. The average molecular weight is 374 g/mol. The molecular weight excluding hydrogens is 355 g/mol. The minimum absolute atomic E-state index is 0.295. The zero-order valence-electron chi connectivity index (χ0n) is 14.6. The second-order valence-corrected chi connectivity index (χ2v) is 6.74. The van der Waals surface area contributed by atoms with Crippen LogP contribution in [0.1, 0.15) is 32.7 Å². The van der Waals surface area contributed by atoms with Crippen molar-refractivity contribution in [2.45, 2.75) is 32.7 Å². The Morgan fingerprint density at radius 3 is 2.69 bits per heavy atom. The van der Waals surface area contributed by atoms with Gasteiger partial charge in [-0.2, -0.15) is 0 Å². The van der Waals surface area contributed by atoms with Gasteiger partial charge >= 0.3 is 5.97 Å². The zero-order valence-corrected chi connectivity index (χ0v) is 15.4. The molecule has 0 unspecified atom stereocenters. The quantitative estimate of drug-likeness (QED) is 0.608. The van der Waals surface area contributed by atoms with Gasteiger partial charge in [-0.15, -0.1) is 11.3 Å². The van der Waals surface area contributed by atoms with Gasteiger partial charge in [-0.3, -0.25) is 9.36 Å². The van der Waals surface area contributed by atoms with Gasteiger partial charge < -0.3 is 4.74 Å². The highest BCUT2D eigenvalue weighted by atomic mass is 32.1. The molecule has 5 nitrogen and oxygen atoms in total. The van der Waals surface area contributed by atoms with Crippen molar-refractivity contribution in [3.63, 3.8) is 0 Å². The van der Waals surface area contributed by atoms with E-state index in [1.54, 1.807) is 12.1 Å². The van der Waals surface area contributed by atoms with Gasteiger partial charge in [0.15, 0.2) is 0 Å².